The molecule has 0 bridgehead atoms. The van der Waals surface area contributed by atoms with Crippen LogP contribution < -0.4 is 32.7 Å². The number of nitrogens with zero attached hydrogens (tertiary/aromatic N) is 1. The molecule has 0 saturated carbocycles. The van der Waals surface area contributed by atoms with E-state index in [0.717, 1.165) is 16.3 Å². The SMILES string of the molecule is NC(N)=NCCCC(NC(=O)CNC(=O)CNC(=O)OCc1ccccc1)C(=O)Nc1ccc2ccccc2c1. The summed E-state index contributed by atoms with van der Waals surface area (Å²) in [6.45, 7) is -0.443. The van der Waals surface area contributed by atoms with Crippen molar-refractivity contribution in [1.29, 1.82) is 0 Å². The van der Waals surface area contributed by atoms with Gasteiger partial charge < -0.3 is 37.5 Å². The number of rotatable bonds is 13. The van der Waals surface area contributed by atoms with Gasteiger partial charge in [-0.25, -0.2) is 4.79 Å². The number of fused-ring (bicyclic) bond motifs is 1. The first-order chi connectivity index (χ1) is 19.3. The largest absolute Gasteiger partial charge is 0.445 e. The highest BCUT2D eigenvalue weighted by molar-refractivity contribution is 5.99. The van der Waals surface area contributed by atoms with Crippen molar-refractivity contribution in [3.63, 3.8) is 0 Å². The lowest BCUT2D eigenvalue weighted by atomic mass is 10.1. The molecule has 0 aliphatic rings. The smallest absolute Gasteiger partial charge is 0.407 e. The van der Waals surface area contributed by atoms with Crippen LogP contribution in [0.25, 0.3) is 10.8 Å². The molecule has 210 valence electrons. The van der Waals surface area contributed by atoms with Crippen LogP contribution in [0.15, 0.2) is 77.8 Å². The van der Waals surface area contributed by atoms with Crippen LogP contribution in [0.2, 0.25) is 0 Å². The van der Waals surface area contributed by atoms with Gasteiger partial charge in [-0.2, -0.15) is 0 Å². The van der Waals surface area contributed by atoms with Gasteiger partial charge in [0.05, 0.1) is 6.54 Å². The van der Waals surface area contributed by atoms with Crippen molar-refractivity contribution >= 4 is 46.2 Å². The lowest BCUT2D eigenvalue weighted by Crippen LogP contribution is -2.48. The topological polar surface area (TPSA) is 190 Å². The molecule has 4 amide bonds. The fourth-order valence-corrected chi connectivity index (χ4v) is 3.68. The molecule has 12 nitrogen and oxygen atoms in total. The fraction of sp³-hybridized carbons (Fsp3) is 0.250. The van der Waals surface area contributed by atoms with Gasteiger partial charge in [-0.3, -0.25) is 19.4 Å². The lowest BCUT2D eigenvalue weighted by molar-refractivity contribution is -0.128. The van der Waals surface area contributed by atoms with Crippen LogP contribution in [0, 0.1) is 0 Å². The van der Waals surface area contributed by atoms with Crippen LogP contribution in [0.1, 0.15) is 18.4 Å². The second-order valence-corrected chi connectivity index (χ2v) is 8.81. The number of guanidine groups is 1. The first kappa shape index (κ1) is 29.4. The van der Waals surface area contributed by atoms with Crippen molar-refractivity contribution in [3.8, 4) is 0 Å². The number of benzene rings is 3. The monoisotopic (exact) mass is 547 g/mol. The van der Waals surface area contributed by atoms with Crippen molar-refractivity contribution < 1.29 is 23.9 Å². The molecule has 1 unspecified atom stereocenters. The van der Waals surface area contributed by atoms with E-state index in [-0.39, 0.29) is 32.1 Å². The van der Waals surface area contributed by atoms with E-state index in [1.807, 2.05) is 54.6 Å². The normalized spacial score (nSPS) is 11.1. The highest BCUT2D eigenvalue weighted by Gasteiger charge is 2.21. The van der Waals surface area contributed by atoms with E-state index in [1.54, 1.807) is 18.2 Å². The predicted octanol–water partition coefficient (Wildman–Crippen LogP) is 1.36. The summed E-state index contributed by atoms with van der Waals surface area (Å²) >= 11 is 0. The summed E-state index contributed by atoms with van der Waals surface area (Å²) in [5.41, 5.74) is 12.1. The average molecular weight is 548 g/mol. The number of aliphatic imine (C=N–C) groups is 1. The standard InChI is InChI=1S/C28H33N7O5/c29-27(30)31-14-6-11-23(26(38)34-22-13-12-20-9-4-5-10-21(20)15-22)35-25(37)17-32-24(36)16-33-28(39)40-18-19-7-2-1-3-8-19/h1-5,7-10,12-13,15,23H,6,11,14,16-18H2,(H,32,36)(H,33,39)(H,34,38)(H,35,37)(H4,29,30,31). The molecule has 0 heterocycles. The Bertz CT molecular complexity index is 1340. The molecular formula is C28H33N7O5. The molecule has 0 aromatic heterocycles. The summed E-state index contributed by atoms with van der Waals surface area (Å²) in [7, 11) is 0. The molecule has 1 atom stereocenters. The Morgan fingerprint density at radius 1 is 0.825 bits per heavy atom. The Labute approximate surface area is 231 Å². The van der Waals surface area contributed by atoms with Gasteiger partial charge in [-0.15, -0.1) is 0 Å². The van der Waals surface area contributed by atoms with Crippen molar-refractivity contribution in [2.45, 2.75) is 25.5 Å². The molecule has 0 saturated heterocycles. The van der Waals surface area contributed by atoms with E-state index < -0.39 is 36.4 Å². The third-order valence-electron chi connectivity index (χ3n) is 5.67. The summed E-state index contributed by atoms with van der Waals surface area (Å²) in [5.74, 6) is -1.68. The first-order valence-electron chi connectivity index (χ1n) is 12.7. The van der Waals surface area contributed by atoms with Gasteiger partial charge >= 0.3 is 6.09 Å². The van der Waals surface area contributed by atoms with Crippen LogP contribution in [0.5, 0.6) is 0 Å². The van der Waals surface area contributed by atoms with Crippen LogP contribution in [-0.4, -0.2) is 55.5 Å². The number of hydrogen-bond acceptors (Lipinski definition) is 6. The fourth-order valence-electron chi connectivity index (χ4n) is 3.68. The number of carbonyl (C=O) groups excluding carboxylic acids is 4. The molecule has 0 spiro atoms. The minimum absolute atomic E-state index is 0.0581. The first-order valence-corrected chi connectivity index (χ1v) is 12.7. The minimum atomic E-state index is -0.906. The Kier molecular flexibility index (Phi) is 11.3. The molecule has 0 aliphatic carbocycles. The predicted molar refractivity (Wildman–Crippen MR) is 152 cm³/mol. The molecule has 3 aromatic rings. The zero-order valence-electron chi connectivity index (χ0n) is 21.9. The molecular weight excluding hydrogens is 514 g/mol. The van der Waals surface area contributed by atoms with Gasteiger partial charge in [0.25, 0.3) is 0 Å². The van der Waals surface area contributed by atoms with Crippen LogP contribution in [-0.2, 0) is 25.7 Å². The molecule has 0 aliphatic heterocycles. The van der Waals surface area contributed by atoms with Crippen molar-refractivity contribution in [3.05, 3.63) is 78.4 Å². The highest BCUT2D eigenvalue weighted by Crippen LogP contribution is 2.19. The third-order valence-corrected chi connectivity index (χ3v) is 5.67. The Hall–Kier alpha value is -5.13. The number of carbonyl (C=O) groups is 4. The zero-order valence-corrected chi connectivity index (χ0v) is 21.9. The quantitative estimate of drug-likeness (QED) is 0.106. The van der Waals surface area contributed by atoms with E-state index in [9.17, 15) is 19.2 Å². The van der Waals surface area contributed by atoms with Crippen molar-refractivity contribution in [1.82, 2.24) is 16.0 Å². The molecule has 0 radical (unpaired) electrons. The summed E-state index contributed by atoms with van der Waals surface area (Å²) in [6.07, 6.45) is -0.0882. The number of nitrogens with two attached hydrogens (primary N) is 2. The van der Waals surface area contributed by atoms with Crippen LogP contribution in [0.3, 0.4) is 0 Å². The number of amides is 4. The number of hydrogen-bond donors (Lipinski definition) is 6. The van der Waals surface area contributed by atoms with E-state index in [1.165, 1.54) is 0 Å². The zero-order chi connectivity index (χ0) is 28.7. The minimum Gasteiger partial charge on any atom is -0.445 e. The maximum atomic E-state index is 13.0. The van der Waals surface area contributed by atoms with Gasteiger partial charge in [-0.05, 0) is 41.3 Å². The summed E-state index contributed by atoms with van der Waals surface area (Å²) < 4.78 is 5.04. The van der Waals surface area contributed by atoms with Crippen LogP contribution in [0.4, 0.5) is 10.5 Å². The van der Waals surface area contributed by atoms with Gasteiger partial charge in [0.15, 0.2) is 5.96 Å². The number of ether oxygens (including phenoxy) is 1. The third kappa shape index (κ3) is 10.3. The van der Waals surface area contributed by atoms with Crippen LogP contribution >= 0.6 is 0 Å². The molecule has 3 aromatic carbocycles. The van der Waals surface area contributed by atoms with E-state index in [0.29, 0.717) is 12.1 Å². The highest BCUT2D eigenvalue weighted by atomic mass is 16.5. The van der Waals surface area contributed by atoms with E-state index in [2.05, 4.69) is 26.3 Å². The number of anilines is 1. The van der Waals surface area contributed by atoms with E-state index in [4.69, 9.17) is 16.2 Å². The van der Waals surface area contributed by atoms with Gasteiger partial charge in [0, 0.05) is 12.2 Å². The maximum absolute atomic E-state index is 13.0. The second kappa shape index (κ2) is 15.3. The van der Waals surface area contributed by atoms with E-state index >= 15 is 0 Å². The summed E-state index contributed by atoms with van der Waals surface area (Å²) in [6, 6.07) is 21.4. The second-order valence-electron chi connectivity index (χ2n) is 8.81. The maximum Gasteiger partial charge on any atom is 0.407 e. The lowest BCUT2D eigenvalue weighted by Gasteiger charge is -2.19. The Morgan fingerprint density at radius 2 is 1.52 bits per heavy atom. The summed E-state index contributed by atoms with van der Waals surface area (Å²) in [4.78, 5) is 53.4. The average Bonchev–Trinajstić information content (AvgIpc) is 2.95. The molecule has 12 heteroatoms. The summed E-state index contributed by atoms with van der Waals surface area (Å²) in [5, 5.41) is 12.2. The number of alkyl carbamates (subject to hydrolysis) is 1. The Balaban J connectivity index is 1.47. The van der Waals surface area contributed by atoms with Gasteiger partial charge in [0.1, 0.15) is 19.2 Å². The molecule has 40 heavy (non-hydrogen) atoms. The van der Waals surface area contributed by atoms with Crippen molar-refractivity contribution in [2.75, 3.05) is 25.0 Å². The Morgan fingerprint density at radius 3 is 2.27 bits per heavy atom. The molecule has 0 fully saturated rings. The molecule has 8 N–H and O–H groups in total. The number of nitrogens with one attached hydrogen (secondary N) is 4. The van der Waals surface area contributed by atoms with Gasteiger partial charge in [0.2, 0.25) is 17.7 Å². The van der Waals surface area contributed by atoms with Crippen molar-refractivity contribution in [2.24, 2.45) is 16.5 Å². The molecule has 3 rings (SSSR count). The van der Waals surface area contributed by atoms with Gasteiger partial charge in [-0.1, -0.05) is 60.7 Å².